The highest BCUT2D eigenvalue weighted by atomic mass is 32.2. The van der Waals surface area contributed by atoms with Crippen LogP contribution < -0.4 is 10.0 Å². The molecule has 0 radical (unpaired) electrons. The smallest absolute Gasteiger partial charge is 0.263 e. The number of rotatable bonds is 8. The summed E-state index contributed by atoms with van der Waals surface area (Å²) < 4.78 is 30.1. The van der Waals surface area contributed by atoms with E-state index in [9.17, 15) is 8.42 Å². The molecule has 166 valence electrons. The van der Waals surface area contributed by atoms with Crippen molar-refractivity contribution in [3.63, 3.8) is 0 Å². The Balaban J connectivity index is 1.43. The average molecular weight is 457 g/mol. The molecule has 4 nitrogen and oxygen atoms in total. The first-order valence-electron chi connectivity index (χ1n) is 11.3. The first-order valence-corrected chi connectivity index (χ1v) is 13.7. The van der Waals surface area contributed by atoms with E-state index in [2.05, 4.69) is 17.0 Å². The molecule has 1 saturated carbocycles. The second-order valence-electron chi connectivity index (χ2n) is 8.73. The molecule has 1 aliphatic carbocycles. The van der Waals surface area contributed by atoms with Crippen LogP contribution in [0.5, 0.6) is 0 Å². The summed E-state index contributed by atoms with van der Waals surface area (Å²) in [4.78, 5) is 0.345. The van der Waals surface area contributed by atoms with Crippen LogP contribution in [0.2, 0.25) is 0 Å². The fraction of sp³-hybridized carbons (Fsp3) is 0.440. The highest BCUT2D eigenvalue weighted by molar-refractivity contribution is 7.93. The Kier molecular flexibility index (Phi) is 7.31. The number of sulfonamides is 1. The minimum Gasteiger partial charge on any atom is -0.310 e. The normalized spacial score (nSPS) is 16.8. The van der Waals surface area contributed by atoms with E-state index in [1.165, 1.54) is 56.3 Å². The van der Waals surface area contributed by atoms with Crippen molar-refractivity contribution in [2.75, 3.05) is 4.72 Å². The van der Waals surface area contributed by atoms with Gasteiger partial charge in [-0.05, 0) is 37.0 Å². The summed E-state index contributed by atoms with van der Waals surface area (Å²) >= 11 is 1.46. The number of nitrogens with one attached hydrogen (secondary N) is 2. The fourth-order valence-electron chi connectivity index (χ4n) is 4.60. The standard InChI is InChI=1S/C25H32N2O2S2/c1-19(16-20-10-4-2-3-5-11-20)26-17-21-12-6-8-14-23(21)27-31(28,29)25-18-30-24-15-9-7-13-22(24)25/h6-9,12-15,18-20,26-27H,2-5,10-11,16-17H2,1H3/t19-/m0/s1. The van der Waals surface area contributed by atoms with Gasteiger partial charge in [-0.15, -0.1) is 11.3 Å². The van der Waals surface area contributed by atoms with Crippen molar-refractivity contribution in [1.29, 1.82) is 0 Å². The molecule has 2 aromatic carbocycles. The maximum Gasteiger partial charge on any atom is 0.263 e. The van der Waals surface area contributed by atoms with Gasteiger partial charge in [-0.2, -0.15) is 0 Å². The molecule has 1 atom stereocenters. The van der Waals surface area contributed by atoms with Crippen molar-refractivity contribution in [3.05, 3.63) is 59.5 Å². The van der Waals surface area contributed by atoms with Crippen LogP contribution in [0.25, 0.3) is 10.1 Å². The van der Waals surface area contributed by atoms with Gasteiger partial charge in [0.15, 0.2) is 0 Å². The van der Waals surface area contributed by atoms with Crippen LogP contribution in [0.1, 0.15) is 57.4 Å². The van der Waals surface area contributed by atoms with Gasteiger partial charge in [0.1, 0.15) is 4.90 Å². The van der Waals surface area contributed by atoms with Crippen LogP contribution in [0.4, 0.5) is 5.69 Å². The number of fused-ring (bicyclic) bond motifs is 1. The summed E-state index contributed by atoms with van der Waals surface area (Å²) in [6.45, 7) is 2.89. The molecule has 0 unspecified atom stereocenters. The third kappa shape index (κ3) is 5.68. The summed E-state index contributed by atoms with van der Waals surface area (Å²) in [6, 6.07) is 15.7. The summed E-state index contributed by atoms with van der Waals surface area (Å²) in [6.07, 6.45) is 9.36. The van der Waals surface area contributed by atoms with Crippen LogP contribution in [0.3, 0.4) is 0 Å². The van der Waals surface area contributed by atoms with Crippen molar-refractivity contribution >= 4 is 37.1 Å². The van der Waals surface area contributed by atoms with E-state index in [0.717, 1.165) is 21.6 Å². The molecule has 3 aromatic rings. The minimum atomic E-state index is -3.65. The van der Waals surface area contributed by atoms with Crippen molar-refractivity contribution < 1.29 is 8.42 Å². The first kappa shape index (κ1) is 22.3. The van der Waals surface area contributed by atoms with Gasteiger partial charge in [-0.25, -0.2) is 8.42 Å². The average Bonchev–Trinajstić information content (AvgIpc) is 3.04. The second-order valence-corrected chi connectivity index (χ2v) is 11.3. The molecule has 1 aliphatic rings. The first-order chi connectivity index (χ1) is 15.0. The molecule has 0 saturated heterocycles. The van der Waals surface area contributed by atoms with E-state index < -0.39 is 10.0 Å². The zero-order chi connectivity index (χ0) is 21.7. The zero-order valence-electron chi connectivity index (χ0n) is 18.1. The lowest BCUT2D eigenvalue weighted by Crippen LogP contribution is -2.28. The Morgan fingerprint density at radius 2 is 1.71 bits per heavy atom. The topological polar surface area (TPSA) is 58.2 Å². The van der Waals surface area contributed by atoms with Gasteiger partial charge in [0.05, 0.1) is 5.69 Å². The lowest BCUT2D eigenvalue weighted by molar-refractivity contribution is 0.363. The Hall–Kier alpha value is -1.89. The van der Waals surface area contributed by atoms with Crippen LogP contribution in [0.15, 0.2) is 58.8 Å². The maximum absolute atomic E-state index is 13.1. The van der Waals surface area contributed by atoms with Crippen LogP contribution in [-0.4, -0.2) is 14.5 Å². The largest absolute Gasteiger partial charge is 0.310 e. The van der Waals surface area contributed by atoms with E-state index >= 15 is 0 Å². The van der Waals surface area contributed by atoms with Gasteiger partial charge in [-0.1, -0.05) is 74.9 Å². The molecule has 1 heterocycles. The van der Waals surface area contributed by atoms with Gasteiger partial charge < -0.3 is 5.32 Å². The second kappa shape index (κ2) is 10.2. The number of thiophene rings is 1. The van der Waals surface area contributed by atoms with Gasteiger partial charge >= 0.3 is 0 Å². The van der Waals surface area contributed by atoms with E-state index in [1.54, 1.807) is 5.38 Å². The van der Waals surface area contributed by atoms with E-state index in [4.69, 9.17) is 0 Å². The number of hydrogen-bond donors (Lipinski definition) is 2. The van der Waals surface area contributed by atoms with Crippen LogP contribution in [-0.2, 0) is 16.6 Å². The lowest BCUT2D eigenvalue weighted by atomic mass is 9.93. The quantitative estimate of drug-likeness (QED) is 0.378. The predicted molar refractivity (Wildman–Crippen MR) is 131 cm³/mol. The Labute approximate surface area is 190 Å². The number of hydrogen-bond acceptors (Lipinski definition) is 4. The molecule has 31 heavy (non-hydrogen) atoms. The maximum atomic E-state index is 13.1. The highest BCUT2D eigenvalue weighted by Gasteiger charge is 2.21. The van der Waals surface area contributed by atoms with Gasteiger partial charge in [0.2, 0.25) is 0 Å². The SMILES string of the molecule is C[C@@H](CC1CCCCCC1)NCc1ccccc1NS(=O)(=O)c1csc2ccccc12. The molecule has 0 aliphatic heterocycles. The van der Waals surface area contributed by atoms with Gasteiger partial charge in [0, 0.05) is 28.1 Å². The molecular formula is C25H32N2O2S2. The highest BCUT2D eigenvalue weighted by Crippen LogP contribution is 2.31. The molecule has 2 N–H and O–H groups in total. The summed E-state index contributed by atoms with van der Waals surface area (Å²) in [5, 5.41) is 6.12. The van der Waals surface area contributed by atoms with Crippen molar-refractivity contribution in [3.8, 4) is 0 Å². The molecule has 1 fully saturated rings. The van der Waals surface area contributed by atoms with Crippen molar-refractivity contribution in [2.45, 2.75) is 69.4 Å². The Bertz CT molecular complexity index is 1100. The lowest BCUT2D eigenvalue weighted by Gasteiger charge is -2.21. The van der Waals surface area contributed by atoms with Crippen molar-refractivity contribution in [2.24, 2.45) is 5.92 Å². The number of benzene rings is 2. The van der Waals surface area contributed by atoms with Crippen LogP contribution in [0, 0.1) is 5.92 Å². The molecule has 0 bridgehead atoms. The Morgan fingerprint density at radius 3 is 2.52 bits per heavy atom. The fourth-order valence-corrected chi connectivity index (χ4v) is 7.21. The number of para-hydroxylation sites is 1. The van der Waals surface area contributed by atoms with E-state index in [1.807, 2.05) is 48.5 Å². The molecule has 6 heteroatoms. The van der Waals surface area contributed by atoms with E-state index in [0.29, 0.717) is 23.2 Å². The number of anilines is 1. The van der Waals surface area contributed by atoms with E-state index in [-0.39, 0.29) is 0 Å². The monoisotopic (exact) mass is 456 g/mol. The predicted octanol–water partition coefficient (Wildman–Crippen LogP) is 6.54. The third-order valence-corrected chi connectivity index (χ3v) is 8.82. The Morgan fingerprint density at radius 1 is 1.00 bits per heavy atom. The molecule has 0 spiro atoms. The summed E-state index contributed by atoms with van der Waals surface area (Å²) in [5.41, 5.74) is 1.62. The zero-order valence-corrected chi connectivity index (χ0v) is 19.8. The van der Waals surface area contributed by atoms with Crippen LogP contribution >= 0.6 is 11.3 Å². The minimum absolute atomic E-state index is 0.345. The molecular weight excluding hydrogens is 424 g/mol. The molecule has 0 amide bonds. The van der Waals surface area contributed by atoms with Crippen molar-refractivity contribution in [1.82, 2.24) is 5.32 Å². The van der Waals surface area contributed by atoms with Gasteiger partial charge in [-0.3, -0.25) is 4.72 Å². The third-order valence-electron chi connectivity index (χ3n) is 6.30. The summed E-state index contributed by atoms with van der Waals surface area (Å²) in [7, 11) is -3.65. The summed E-state index contributed by atoms with van der Waals surface area (Å²) in [5.74, 6) is 0.811. The van der Waals surface area contributed by atoms with Gasteiger partial charge in [0.25, 0.3) is 10.0 Å². The molecule has 1 aromatic heterocycles. The molecule has 4 rings (SSSR count).